The molecule has 1 heterocycles. The SMILES string of the molecule is CN1CCCCCCCCCCCCCCCCCCCCCC1. The van der Waals surface area contributed by atoms with E-state index in [9.17, 15) is 0 Å². The molecule has 0 aromatic heterocycles. The van der Waals surface area contributed by atoms with Crippen LogP contribution in [0.3, 0.4) is 0 Å². The average Bonchev–Trinajstić information content (AvgIpc) is 2.58. The molecule has 0 saturated carbocycles. The first-order valence-corrected chi connectivity index (χ1v) is 11.6. The minimum atomic E-state index is 1.32. The van der Waals surface area contributed by atoms with Gasteiger partial charge in [-0.1, -0.05) is 116 Å². The van der Waals surface area contributed by atoms with Crippen LogP contribution in [-0.4, -0.2) is 25.0 Å². The predicted molar refractivity (Wildman–Crippen MR) is 110 cm³/mol. The van der Waals surface area contributed by atoms with E-state index in [4.69, 9.17) is 0 Å². The molecular formula is C23H47N. The van der Waals surface area contributed by atoms with Crippen molar-refractivity contribution in [2.24, 2.45) is 0 Å². The van der Waals surface area contributed by atoms with Gasteiger partial charge in [-0.05, 0) is 33.0 Å². The Kier molecular flexibility index (Phi) is 16.3. The highest BCUT2D eigenvalue weighted by Crippen LogP contribution is 2.15. The lowest BCUT2D eigenvalue weighted by Crippen LogP contribution is -2.20. The fraction of sp³-hybridized carbons (Fsp3) is 1.00. The Morgan fingerprint density at radius 1 is 0.292 bits per heavy atom. The largest absolute Gasteiger partial charge is 0.306 e. The lowest BCUT2D eigenvalue weighted by Gasteiger charge is -2.16. The molecule has 24 heavy (non-hydrogen) atoms. The zero-order chi connectivity index (χ0) is 17.1. The van der Waals surface area contributed by atoms with Gasteiger partial charge in [-0.15, -0.1) is 0 Å². The molecule has 1 rings (SSSR count). The minimum Gasteiger partial charge on any atom is -0.306 e. The quantitative estimate of drug-likeness (QED) is 0.437. The summed E-state index contributed by atoms with van der Waals surface area (Å²) in [4.78, 5) is 2.56. The van der Waals surface area contributed by atoms with Crippen LogP contribution in [-0.2, 0) is 0 Å². The third kappa shape index (κ3) is 15.5. The molecule has 0 aliphatic carbocycles. The van der Waals surface area contributed by atoms with Crippen LogP contribution < -0.4 is 0 Å². The molecule has 0 N–H and O–H groups in total. The molecule has 1 aliphatic rings. The summed E-state index contributed by atoms with van der Waals surface area (Å²) < 4.78 is 0. The van der Waals surface area contributed by atoms with Crippen LogP contribution in [0.25, 0.3) is 0 Å². The molecule has 0 spiro atoms. The Balaban J connectivity index is 2.07. The lowest BCUT2D eigenvalue weighted by molar-refractivity contribution is 0.314. The average molecular weight is 338 g/mol. The number of nitrogens with zero attached hydrogens (tertiary/aromatic N) is 1. The molecule has 1 aliphatic heterocycles. The summed E-state index contributed by atoms with van der Waals surface area (Å²) in [6.07, 6.45) is 29.5. The molecule has 1 fully saturated rings. The monoisotopic (exact) mass is 337 g/mol. The van der Waals surface area contributed by atoms with Gasteiger partial charge in [-0.25, -0.2) is 0 Å². The normalized spacial score (nSPS) is 24.4. The van der Waals surface area contributed by atoms with E-state index in [2.05, 4.69) is 11.9 Å². The molecule has 0 unspecified atom stereocenters. The van der Waals surface area contributed by atoms with E-state index in [1.165, 1.54) is 142 Å². The zero-order valence-corrected chi connectivity index (χ0v) is 17.0. The van der Waals surface area contributed by atoms with Gasteiger partial charge in [0.2, 0.25) is 0 Å². The van der Waals surface area contributed by atoms with Crippen LogP contribution >= 0.6 is 0 Å². The second kappa shape index (κ2) is 17.8. The summed E-state index contributed by atoms with van der Waals surface area (Å²) in [7, 11) is 2.32. The van der Waals surface area contributed by atoms with Crippen molar-refractivity contribution >= 4 is 0 Å². The van der Waals surface area contributed by atoms with E-state index in [0.717, 1.165) is 0 Å². The zero-order valence-electron chi connectivity index (χ0n) is 17.0. The third-order valence-electron chi connectivity index (χ3n) is 5.83. The first-order chi connectivity index (χ1) is 11.9. The predicted octanol–water partition coefficient (Wildman–Crippen LogP) is 7.73. The summed E-state index contributed by atoms with van der Waals surface area (Å²) in [6, 6.07) is 0. The third-order valence-corrected chi connectivity index (χ3v) is 5.83. The van der Waals surface area contributed by atoms with Gasteiger partial charge >= 0.3 is 0 Å². The van der Waals surface area contributed by atoms with E-state index in [-0.39, 0.29) is 0 Å². The molecule has 0 aromatic rings. The van der Waals surface area contributed by atoms with E-state index in [1.54, 1.807) is 0 Å². The van der Waals surface area contributed by atoms with Crippen LogP contribution in [0, 0.1) is 0 Å². The number of rotatable bonds is 0. The maximum Gasteiger partial charge on any atom is -0.00218 e. The molecular weight excluding hydrogens is 290 g/mol. The van der Waals surface area contributed by atoms with E-state index >= 15 is 0 Å². The van der Waals surface area contributed by atoms with E-state index in [0.29, 0.717) is 0 Å². The van der Waals surface area contributed by atoms with Gasteiger partial charge in [-0.2, -0.15) is 0 Å². The maximum absolute atomic E-state index is 2.56. The Bertz CT molecular complexity index is 214. The molecule has 1 nitrogen and oxygen atoms in total. The van der Waals surface area contributed by atoms with Crippen LogP contribution in [0.15, 0.2) is 0 Å². The standard InChI is InChI=1S/C23H47N/c1-24-22-20-18-16-14-12-10-8-6-4-2-3-5-7-9-11-13-15-17-19-21-23-24/h2-23H2,1H3. The van der Waals surface area contributed by atoms with Crippen LogP contribution in [0.2, 0.25) is 0 Å². The second-order valence-electron chi connectivity index (χ2n) is 8.37. The van der Waals surface area contributed by atoms with Crippen molar-refractivity contribution in [3.63, 3.8) is 0 Å². The van der Waals surface area contributed by atoms with Gasteiger partial charge in [0, 0.05) is 0 Å². The topological polar surface area (TPSA) is 3.24 Å². The molecule has 1 saturated heterocycles. The van der Waals surface area contributed by atoms with Gasteiger partial charge in [0.25, 0.3) is 0 Å². The first kappa shape index (κ1) is 22.0. The highest BCUT2D eigenvalue weighted by molar-refractivity contribution is 4.55. The highest BCUT2D eigenvalue weighted by Gasteiger charge is 2.00. The summed E-state index contributed by atoms with van der Waals surface area (Å²) in [6.45, 7) is 2.64. The highest BCUT2D eigenvalue weighted by atomic mass is 15.1. The molecule has 0 amide bonds. The molecule has 0 atom stereocenters. The molecule has 144 valence electrons. The van der Waals surface area contributed by atoms with Gasteiger partial charge in [-0.3, -0.25) is 0 Å². The fourth-order valence-corrected chi connectivity index (χ4v) is 4.06. The van der Waals surface area contributed by atoms with Crippen molar-refractivity contribution in [3.8, 4) is 0 Å². The van der Waals surface area contributed by atoms with Crippen molar-refractivity contribution in [2.45, 2.75) is 128 Å². The summed E-state index contributed by atoms with van der Waals surface area (Å²) in [5.41, 5.74) is 0. The first-order valence-electron chi connectivity index (χ1n) is 11.6. The van der Waals surface area contributed by atoms with Crippen LogP contribution in [0.5, 0.6) is 0 Å². The van der Waals surface area contributed by atoms with E-state index in [1.807, 2.05) is 0 Å². The summed E-state index contributed by atoms with van der Waals surface area (Å²) in [5, 5.41) is 0. The Morgan fingerprint density at radius 3 is 0.667 bits per heavy atom. The number of hydrogen-bond donors (Lipinski definition) is 0. The maximum atomic E-state index is 2.56. The Labute approximate surface area is 154 Å². The molecule has 1 heteroatoms. The van der Waals surface area contributed by atoms with Crippen LogP contribution in [0.4, 0.5) is 0 Å². The van der Waals surface area contributed by atoms with Crippen molar-refractivity contribution in [2.75, 3.05) is 20.1 Å². The second-order valence-corrected chi connectivity index (χ2v) is 8.37. The van der Waals surface area contributed by atoms with Gasteiger partial charge in [0.1, 0.15) is 0 Å². The van der Waals surface area contributed by atoms with E-state index < -0.39 is 0 Å². The van der Waals surface area contributed by atoms with Crippen molar-refractivity contribution in [1.29, 1.82) is 0 Å². The Morgan fingerprint density at radius 2 is 0.458 bits per heavy atom. The Hall–Kier alpha value is -0.0400. The molecule has 0 aromatic carbocycles. The summed E-state index contributed by atoms with van der Waals surface area (Å²) >= 11 is 0. The van der Waals surface area contributed by atoms with Gasteiger partial charge in [0.15, 0.2) is 0 Å². The van der Waals surface area contributed by atoms with Crippen molar-refractivity contribution in [1.82, 2.24) is 4.90 Å². The fourth-order valence-electron chi connectivity index (χ4n) is 4.06. The van der Waals surface area contributed by atoms with Crippen molar-refractivity contribution in [3.05, 3.63) is 0 Å². The molecule has 0 bridgehead atoms. The minimum absolute atomic E-state index is 1.32. The lowest BCUT2D eigenvalue weighted by atomic mass is 10.0. The summed E-state index contributed by atoms with van der Waals surface area (Å²) in [5.74, 6) is 0. The van der Waals surface area contributed by atoms with Gasteiger partial charge < -0.3 is 4.90 Å². The smallest absolute Gasteiger partial charge is 0.00218 e. The van der Waals surface area contributed by atoms with Gasteiger partial charge in [0.05, 0.1) is 0 Å². The number of hydrogen-bond acceptors (Lipinski definition) is 1. The van der Waals surface area contributed by atoms with Crippen LogP contribution in [0.1, 0.15) is 128 Å². The molecule has 0 radical (unpaired) electrons. The van der Waals surface area contributed by atoms with Crippen molar-refractivity contribution < 1.29 is 0 Å².